The first kappa shape index (κ1) is 24.4. The molecule has 0 unspecified atom stereocenters. The van der Waals surface area contributed by atoms with Crippen molar-refractivity contribution < 1.29 is 9.47 Å². The summed E-state index contributed by atoms with van der Waals surface area (Å²) >= 11 is 19.7. The number of halogens is 3. The number of benzene rings is 3. The lowest BCUT2D eigenvalue weighted by atomic mass is 10.2. The minimum atomic E-state index is 0.286. The van der Waals surface area contributed by atoms with Crippen LogP contribution in [0.3, 0.4) is 0 Å². The third kappa shape index (κ3) is 6.45. The van der Waals surface area contributed by atoms with Crippen LogP contribution < -0.4 is 9.47 Å². The van der Waals surface area contributed by atoms with Crippen LogP contribution in [0.1, 0.15) is 16.7 Å². The van der Waals surface area contributed by atoms with E-state index in [0.717, 1.165) is 22.4 Å². The Morgan fingerprint density at radius 1 is 0.971 bits per heavy atom. The largest absolute Gasteiger partial charge is 0.493 e. The van der Waals surface area contributed by atoms with Gasteiger partial charge in [0.1, 0.15) is 12.9 Å². The van der Waals surface area contributed by atoms with Crippen LogP contribution in [-0.2, 0) is 12.4 Å². The van der Waals surface area contributed by atoms with Gasteiger partial charge in [-0.2, -0.15) is 9.78 Å². The molecule has 0 atom stereocenters. The summed E-state index contributed by atoms with van der Waals surface area (Å²) in [5.41, 5.74) is 2.79. The molecule has 0 amide bonds. The van der Waals surface area contributed by atoms with Gasteiger partial charge in [-0.15, -0.1) is 10.2 Å². The fourth-order valence-corrected chi connectivity index (χ4v) is 4.34. The Morgan fingerprint density at radius 3 is 2.53 bits per heavy atom. The molecule has 0 spiro atoms. The van der Waals surface area contributed by atoms with E-state index in [-0.39, 0.29) is 6.61 Å². The average molecular weight is 534 g/mol. The number of hydrogen-bond donors (Lipinski definition) is 0. The molecule has 0 fully saturated rings. The fourth-order valence-electron chi connectivity index (χ4n) is 2.93. The summed E-state index contributed by atoms with van der Waals surface area (Å²) in [4.78, 5) is 0. The predicted octanol–water partition coefficient (Wildman–Crippen LogP) is 7.00. The van der Waals surface area contributed by atoms with E-state index in [1.165, 1.54) is 11.8 Å². The molecular weight excluding hydrogens is 515 g/mol. The summed E-state index contributed by atoms with van der Waals surface area (Å²) in [7, 11) is 1.59. The van der Waals surface area contributed by atoms with Gasteiger partial charge < -0.3 is 9.47 Å². The van der Waals surface area contributed by atoms with Crippen LogP contribution >= 0.6 is 46.6 Å². The van der Waals surface area contributed by atoms with E-state index in [1.54, 1.807) is 36.5 Å². The number of nitrogens with zero attached hydrogens (tertiary/aromatic N) is 4. The molecule has 1 heterocycles. The van der Waals surface area contributed by atoms with Crippen LogP contribution in [0.15, 0.2) is 77.2 Å². The number of thioether (sulfide) groups is 1. The quantitative estimate of drug-likeness (QED) is 0.171. The normalized spacial score (nSPS) is 11.2. The Labute approximate surface area is 216 Å². The van der Waals surface area contributed by atoms with Gasteiger partial charge in [0.15, 0.2) is 11.5 Å². The number of hydrogen-bond acceptors (Lipinski definition) is 6. The maximum absolute atomic E-state index is 6.23. The maximum atomic E-state index is 6.23. The highest BCUT2D eigenvalue weighted by atomic mass is 35.5. The van der Waals surface area contributed by atoms with Crippen molar-refractivity contribution in [2.24, 2.45) is 5.10 Å². The number of ether oxygens (including phenoxy) is 2. The maximum Gasteiger partial charge on any atom is 0.212 e. The Bertz CT molecular complexity index is 1300. The van der Waals surface area contributed by atoms with Crippen molar-refractivity contribution in [2.75, 3.05) is 7.11 Å². The SMILES string of the molecule is COc1cc(/C=N/n2cnnc2SCc2ccc(Cl)cc2)ccc1OCc1ccc(Cl)cc1Cl. The van der Waals surface area contributed by atoms with Crippen LogP contribution in [0.25, 0.3) is 0 Å². The molecule has 0 radical (unpaired) electrons. The van der Waals surface area contributed by atoms with Crippen molar-refractivity contribution in [3.8, 4) is 11.5 Å². The molecule has 0 aliphatic rings. The molecule has 0 saturated heterocycles. The van der Waals surface area contributed by atoms with Gasteiger partial charge in [0.25, 0.3) is 0 Å². The Balaban J connectivity index is 1.41. The summed E-state index contributed by atoms with van der Waals surface area (Å²) in [6, 6.07) is 18.5. The minimum absolute atomic E-state index is 0.286. The van der Waals surface area contributed by atoms with E-state index in [2.05, 4.69) is 15.3 Å². The predicted molar refractivity (Wildman–Crippen MR) is 138 cm³/mol. The van der Waals surface area contributed by atoms with E-state index >= 15 is 0 Å². The molecule has 34 heavy (non-hydrogen) atoms. The van der Waals surface area contributed by atoms with E-state index in [0.29, 0.717) is 31.7 Å². The van der Waals surface area contributed by atoms with Crippen LogP contribution in [0, 0.1) is 0 Å². The van der Waals surface area contributed by atoms with Gasteiger partial charge in [0.2, 0.25) is 5.16 Å². The lowest BCUT2D eigenvalue weighted by Crippen LogP contribution is -1.99. The second kappa shape index (κ2) is 11.6. The highest BCUT2D eigenvalue weighted by Crippen LogP contribution is 2.30. The van der Waals surface area contributed by atoms with Gasteiger partial charge in [-0.05, 0) is 53.6 Å². The molecule has 0 aliphatic heterocycles. The molecule has 6 nitrogen and oxygen atoms in total. The molecule has 10 heteroatoms. The Kier molecular flexibility index (Phi) is 8.34. The van der Waals surface area contributed by atoms with Gasteiger partial charge in [0.05, 0.1) is 13.3 Å². The topological polar surface area (TPSA) is 61.5 Å². The van der Waals surface area contributed by atoms with Crippen molar-refractivity contribution in [3.63, 3.8) is 0 Å². The molecule has 4 aromatic rings. The molecule has 3 aromatic carbocycles. The van der Waals surface area contributed by atoms with Gasteiger partial charge in [-0.25, -0.2) is 0 Å². The number of rotatable bonds is 9. The van der Waals surface area contributed by atoms with E-state index < -0.39 is 0 Å². The molecule has 0 aliphatic carbocycles. The van der Waals surface area contributed by atoms with Gasteiger partial charge >= 0.3 is 0 Å². The third-order valence-electron chi connectivity index (χ3n) is 4.70. The highest BCUT2D eigenvalue weighted by molar-refractivity contribution is 7.98. The first-order valence-electron chi connectivity index (χ1n) is 10.1. The van der Waals surface area contributed by atoms with Gasteiger partial charge in [-0.1, -0.05) is 64.8 Å². The van der Waals surface area contributed by atoms with Crippen molar-refractivity contribution in [1.82, 2.24) is 14.9 Å². The zero-order valence-corrected chi connectivity index (χ0v) is 21.1. The molecule has 1 aromatic heterocycles. The van der Waals surface area contributed by atoms with Crippen molar-refractivity contribution in [3.05, 3.63) is 98.7 Å². The molecule has 174 valence electrons. The molecule has 0 bridgehead atoms. The second-order valence-electron chi connectivity index (χ2n) is 7.05. The first-order valence-corrected chi connectivity index (χ1v) is 12.2. The Morgan fingerprint density at radius 2 is 1.76 bits per heavy atom. The third-order valence-corrected chi connectivity index (χ3v) is 6.54. The van der Waals surface area contributed by atoms with Crippen molar-refractivity contribution >= 4 is 52.8 Å². The van der Waals surface area contributed by atoms with E-state index in [4.69, 9.17) is 44.3 Å². The van der Waals surface area contributed by atoms with Crippen LogP contribution in [0.5, 0.6) is 11.5 Å². The van der Waals surface area contributed by atoms with Crippen LogP contribution in [0.4, 0.5) is 0 Å². The summed E-state index contributed by atoms with van der Waals surface area (Å²) in [5, 5.41) is 15.1. The Hall–Kier alpha value is -2.71. The summed E-state index contributed by atoms with van der Waals surface area (Å²) in [6.45, 7) is 0.286. The minimum Gasteiger partial charge on any atom is -0.493 e. The number of aromatic nitrogens is 3. The lowest BCUT2D eigenvalue weighted by molar-refractivity contribution is 0.284. The summed E-state index contributed by atoms with van der Waals surface area (Å²) in [6.07, 6.45) is 3.27. The molecule has 0 saturated carbocycles. The summed E-state index contributed by atoms with van der Waals surface area (Å²) in [5.74, 6) is 1.90. The smallest absolute Gasteiger partial charge is 0.212 e. The van der Waals surface area contributed by atoms with Gasteiger partial charge in [0, 0.05) is 26.4 Å². The van der Waals surface area contributed by atoms with Crippen molar-refractivity contribution in [1.29, 1.82) is 0 Å². The monoisotopic (exact) mass is 532 g/mol. The molecular formula is C24H19Cl3N4O2S. The average Bonchev–Trinajstić information content (AvgIpc) is 3.29. The van der Waals surface area contributed by atoms with Gasteiger partial charge in [-0.3, -0.25) is 0 Å². The zero-order valence-electron chi connectivity index (χ0n) is 18.0. The number of methoxy groups -OCH3 is 1. The van der Waals surface area contributed by atoms with Crippen LogP contribution in [0.2, 0.25) is 15.1 Å². The molecule has 4 rings (SSSR count). The van der Waals surface area contributed by atoms with Crippen molar-refractivity contribution in [2.45, 2.75) is 17.5 Å². The first-order chi connectivity index (χ1) is 16.5. The highest BCUT2D eigenvalue weighted by Gasteiger charge is 2.09. The lowest BCUT2D eigenvalue weighted by Gasteiger charge is -2.12. The summed E-state index contributed by atoms with van der Waals surface area (Å²) < 4.78 is 13.0. The second-order valence-corrected chi connectivity index (χ2v) is 9.28. The van der Waals surface area contributed by atoms with E-state index in [9.17, 15) is 0 Å². The zero-order chi connectivity index (χ0) is 23.9. The standard InChI is InChI=1S/C24H19Cl3N4O2S/c1-32-23-10-17(4-9-22(23)33-13-18-5-8-20(26)11-21(18)27)12-29-31-15-28-30-24(31)34-14-16-2-6-19(25)7-3-16/h2-12,15H,13-14H2,1H3/b29-12+. The fraction of sp³-hybridized carbons (Fsp3) is 0.125. The van der Waals surface area contributed by atoms with Crippen LogP contribution in [-0.4, -0.2) is 28.2 Å². The van der Waals surface area contributed by atoms with E-state index in [1.807, 2.05) is 48.5 Å². The molecule has 0 N–H and O–H groups in total.